The number of nitrogens with two attached hydrogens (primary N) is 1. The zero-order chi connectivity index (χ0) is 34.2. The molecule has 15 nitrogen and oxygen atoms in total. The molecule has 2 aliphatic carbocycles. The van der Waals surface area contributed by atoms with Crippen molar-refractivity contribution < 1.29 is 33.5 Å². The largest absolute Gasteiger partial charge is 0.490 e. The number of carbonyl (C=O) groups excluding carboxylic acids is 5. The minimum atomic E-state index is -1.05. The Bertz CT molecular complexity index is 1880. The number of Topliss-reactive ketones (excluding diaryl/α,β-unsaturated/α-hetero) is 2. The van der Waals surface area contributed by atoms with Crippen LogP contribution in [0.1, 0.15) is 68.2 Å². The molecule has 248 valence electrons. The van der Waals surface area contributed by atoms with Gasteiger partial charge < -0.3 is 31.3 Å². The predicted molar refractivity (Wildman–Crippen MR) is 172 cm³/mol. The number of aromatic nitrogens is 2. The number of amides is 3. The SMILES string of the molecule is CNC1C(=O)C(=O)C1(C)N1CCOc2ccc(CNC(=O)c3cc(C(=O)N[C@H]4CCc5c4ccc(/C=N/OC(N)=O)c5C)ncn3)cc21. The molecule has 2 aromatic carbocycles. The zero-order valence-corrected chi connectivity index (χ0v) is 26.5. The number of carbonyl (C=O) groups is 5. The quantitative estimate of drug-likeness (QED) is 0.112. The number of ether oxygens (including phenoxy) is 1. The number of fused-ring (bicyclic) bond motifs is 2. The van der Waals surface area contributed by atoms with E-state index in [1.54, 1.807) is 26.1 Å². The standard InChI is InChI=1S/C33H34N8O7/c1-17-19(15-39-48-32(34)46)5-6-21-20(17)7-8-22(21)40-31(45)24-13-23(37-16-38-24)30(44)36-14-18-4-9-26-25(12-18)41(10-11-47-26)33(2)28(35-3)27(42)29(33)43/h4-6,9,12-13,15-16,22,28,35H,7-8,10-11,14H2,1-3H3,(H2,34,46)(H,36,44)(H,40,45)/b39-15+/t22-,28?,33?/m0/s1. The molecule has 2 heterocycles. The van der Waals surface area contributed by atoms with Gasteiger partial charge in [0.1, 0.15) is 41.7 Å². The Hall–Kier alpha value is -5.70. The number of oxime groups is 1. The Balaban J connectivity index is 1.11. The van der Waals surface area contributed by atoms with Gasteiger partial charge in [-0.05, 0) is 73.7 Å². The third-order valence-corrected chi connectivity index (χ3v) is 9.20. The van der Waals surface area contributed by atoms with E-state index in [0.717, 1.165) is 34.2 Å². The fourth-order valence-electron chi connectivity index (χ4n) is 6.67. The van der Waals surface area contributed by atoms with E-state index in [-0.39, 0.29) is 24.0 Å². The smallest absolute Gasteiger partial charge is 0.430 e. The van der Waals surface area contributed by atoms with Gasteiger partial charge in [-0.15, -0.1) is 0 Å². The van der Waals surface area contributed by atoms with E-state index < -0.39 is 41.1 Å². The summed E-state index contributed by atoms with van der Waals surface area (Å²) in [5.41, 5.74) is 9.08. The lowest BCUT2D eigenvalue weighted by molar-refractivity contribution is -0.151. The highest BCUT2D eigenvalue weighted by molar-refractivity contribution is 6.51. The summed E-state index contributed by atoms with van der Waals surface area (Å²) < 4.78 is 5.81. The Morgan fingerprint density at radius 3 is 2.67 bits per heavy atom. The normalized spacial score (nSPS) is 21.2. The van der Waals surface area contributed by atoms with Gasteiger partial charge in [0.25, 0.3) is 11.8 Å². The number of nitrogens with zero attached hydrogens (tertiary/aromatic N) is 4. The maximum atomic E-state index is 13.2. The summed E-state index contributed by atoms with van der Waals surface area (Å²) in [5, 5.41) is 12.4. The highest BCUT2D eigenvalue weighted by Crippen LogP contribution is 2.42. The predicted octanol–water partition coefficient (Wildman–Crippen LogP) is 1.26. The maximum absolute atomic E-state index is 13.2. The molecule has 15 heteroatoms. The summed E-state index contributed by atoms with van der Waals surface area (Å²) in [6.45, 7) is 4.57. The van der Waals surface area contributed by atoms with Crippen molar-refractivity contribution in [3.8, 4) is 5.75 Å². The van der Waals surface area contributed by atoms with Gasteiger partial charge in [-0.25, -0.2) is 14.8 Å². The summed E-state index contributed by atoms with van der Waals surface area (Å²) in [6, 6.07) is 9.54. The van der Waals surface area contributed by atoms with Crippen LogP contribution in [0, 0.1) is 6.92 Å². The van der Waals surface area contributed by atoms with E-state index in [9.17, 15) is 24.0 Å². The van der Waals surface area contributed by atoms with Gasteiger partial charge in [0.2, 0.25) is 11.6 Å². The van der Waals surface area contributed by atoms with E-state index in [1.165, 1.54) is 18.6 Å². The van der Waals surface area contributed by atoms with Gasteiger partial charge in [0.05, 0.1) is 24.5 Å². The first kappa shape index (κ1) is 32.2. The first-order valence-corrected chi connectivity index (χ1v) is 15.4. The van der Waals surface area contributed by atoms with Gasteiger partial charge in [-0.3, -0.25) is 24.0 Å². The topological polar surface area (TPSA) is 207 Å². The molecule has 3 amide bonds. The molecule has 1 aromatic heterocycles. The molecule has 1 fully saturated rings. The van der Waals surface area contributed by atoms with Crippen LogP contribution in [0.4, 0.5) is 10.5 Å². The average molecular weight is 655 g/mol. The minimum absolute atomic E-state index is 0.0193. The molecule has 0 spiro atoms. The Kier molecular flexibility index (Phi) is 8.62. The number of hydrogen-bond donors (Lipinski definition) is 4. The number of rotatable bonds is 9. The van der Waals surface area contributed by atoms with E-state index in [0.29, 0.717) is 31.0 Å². The fraction of sp³-hybridized carbons (Fsp3) is 0.333. The number of ketones is 2. The minimum Gasteiger partial charge on any atom is -0.490 e. The fourth-order valence-corrected chi connectivity index (χ4v) is 6.67. The van der Waals surface area contributed by atoms with Crippen LogP contribution in [0.15, 0.2) is 47.9 Å². The number of hydrogen-bond acceptors (Lipinski definition) is 12. The second-order valence-corrected chi connectivity index (χ2v) is 11.9. The summed E-state index contributed by atoms with van der Waals surface area (Å²) in [6.07, 6.45) is 2.96. The molecule has 2 unspecified atom stereocenters. The molecule has 3 aliphatic rings. The summed E-state index contributed by atoms with van der Waals surface area (Å²) in [7, 11) is 1.65. The van der Waals surface area contributed by atoms with Crippen LogP contribution in [-0.4, -0.2) is 77.4 Å². The van der Waals surface area contributed by atoms with Crippen LogP contribution in [0.25, 0.3) is 0 Å². The van der Waals surface area contributed by atoms with E-state index in [4.69, 9.17) is 10.5 Å². The van der Waals surface area contributed by atoms with Crippen molar-refractivity contribution >= 4 is 41.4 Å². The zero-order valence-electron chi connectivity index (χ0n) is 26.5. The summed E-state index contributed by atoms with van der Waals surface area (Å²) >= 11 is 0. The Morgan fingerprint density at radius 2 is 1.92 bits per heavy atom. The summed E-state index contributed by atoms with van der Waals surface area (Å²) in [4.78, 5) is 76.6. The molecule has 1 aliphatic heterocycles. The second kappa shape index (κ2) is 12.8. The van der Waals surface area contributed by atoms with E-state index in [2.05, 4.69) is 35.9 Å². The Morgan fingerprint density at radius 1 is 1.15 bits per heavy atom. The number of anilines is 1. The van der Waals surface area contributed by atoms with Crippen LogP contribution >= 0.6 is 0 Å². The highest BCUT2D eigenvalue weighted by Gasteiger charge is 2.62. The lowest BCUT2D eigenvalue weighted by Gasteiger charge is -2.52. The average Bonchev–Trinajstić information content (AvgIpc) is 3.50. The van der Waals surface area contributed by atoms with Gasteiger partial charge in [0.15, 0.2) is 0 Å². The second-order valence-electron chi connectivity index (χ2n) is 11.9. The molecule has 3 atom stereocenters. The number of nitrogens with one attached hydrogen (secondary N) is 3. The maximum Gasteiger partial charge on any atom is 0.430 e. The van der Waals surface area contributed by atoms with Gasteiger partial charge >= 0.3 is 6.09 Å². The van der Waals surface area contributed by atoms with Crippen LogP contribution in [0.2, 0.25) is 0 Å². The van der Waals surface area contributed by atoms with Crippen molar-refractivity contribution in [2.24, 2.45) is 10.9 Å². The monoisotopic (exact) mass is 654 g/mol. The van der Waals surface area contributed by atoms with Crippen molar-refractivity contribution in [1.29, 1.82) is 0 Å². The highest BCUT2D eigenvalue weighted by atomic mass is 16.7. The molecule has 6 rings (SSSR count). The van der Waals surface area contributed by atoms with Crippen molar-refractivity contribution in [2.75, 3.05) is 25.1 Å². The first-order chi connectivity index (χ1) is 23.0. The molecule has 48 heavy (non-hydrogen) atoms. The van der Waals surface area contributed by atoms with Crippen LogP contribution < -0.4 is 31.3 Å². The third-order valence-electron chi connectivity index (χ3n) is 9.20. The lowest BCUT2D eigenvalue weighted by Crippen LogP contribution is -2.79. The molecule has 0 saturated heterocycles. The van der Waals surface area contributed by atoms with E-state index >= 15 is 0 Å². The lowest BCUT2D eigenvalue weighted by atomic mass is 9.68. The first-order valence-electron chi connectivity index (χ1n) is 15.4. The van der Waals surface area contributed by atoms with Gasteiger partial charge in [-0.1, -0.05) is 23.4 Å². The van der Waals surface area contributed by atoms with Crippen molar-refractivity contribution in [3.63, 3.8) is 0 Å². The number of benzene rings is 2. The summed E-state index contributed by atoms with van der Waals surface area (Å²) in [5.74, 6) is -1.29. The molecule has 0 bridgehead atoms. The number of primary amides is 1. The van der Waals surface area contributed by atoms with Crippen molar-refractivity contribution in [1.82, 2.24) is 25.9 Å². The molecule has 0 radical (unpaired) electrons. The molecule has 3 aromatic rings. The van der Waals surface area contributed by atoms with Gasteiger partial charge in [-0.2, -0.15) is 0 Å². The van der Waals surface area contributed by atoms with Crippen LogP contribution in [-0.2, 0) is 27.4 Å². The van der Waals surface area contributed by atoms with Crippen molar-refractivity contribution in [3.05, 3.63) is 81.9 Å². The Labute approximate surface area is 275 Å². The van der Waals surface area contributed by atoms with Crippen LogP contribution in [0.3, 0.4) is 0 Å². The number of likely N-dealkylation sites (N-methyl/N-ethyl adjacent to an activating group) is 1. The molecule has 1 saturated carbocycles. The molecule has 5 N–H and O–H groups in total. The van der Waals surface area contributed by atoms with Crippen LogP contribution in [0.5, 0.6) is 5.75 Å². The van der Waals surface area contributed by atoms with Gasteiger partial charge in [0, 0.05) is 12.6 Å². The third kappa shape index (κ3) is 5.72. The van der Waals surface area contributed by atoms with E-state index in [1.807, 2.05) is 30.0 Å². The molecular weight excluding hydrogens is 620 g/mol. The molecular formula is C33H34N8O7. The van der Waals surface area contributed by atoms with Crippen molar-refractivity contribution in [2.45, 2.75) is 50.9 Å².